The Hall–Kier alpha value is -3.11. The van der Waals surface area contributed by atoms with Gasteiger partial charge in [0.05, 0.1) is 13.1 Å². The number of rotatable bonds is 5. The number of nitrogens with zero attached hydrogens (tertiary/aromatic N) is 3. The predicted octanol–water partition coefficient (Wildman–Crippen LogP) is 5.45. The highest BCUT2D eigenvalue weighted by atomic mass is 79.9. The number of aromatic hydroxyl groups is 1. The quantitative estimate of drug-likeness (QED) is 0.434. The summed E-state index contributed by atoms with van der Waals surface area (Å²) in [6, 6.07) is 15.3. The van der Waals surface area contributed by atoms with Crippen LogP contribution in [-0.4, -0.2) is 20.0 Å². The van der Waals surface area contributed by atoms with Crippen molar-refractivity contribution >= 4 is 22.8 Å². The van der Waals surface area contributed by atoms with Crippen molar-refractivity contribution in [2.75, 3.05) is 0 Å². The topological polar surface area (TPSA) is 94.8 Å². The van der Waals surface area contributed by atoms with Crippen LogP contribution in [0, 0.1) is 16.7 Å². The van der Waals surface area contributed by atoms with Gasteiger partial charge in [0.2, 0.25) is 5.62 Å². The van der Waals surface area contributed by atoms with Crippen molar-refractivity contribution in [3.05, 3.63) is 82.2 Å². The molecule has 0 amide bonds. The third kappa shape index (κ3) is 5.68. The second-order valence-corrected chi connectivity index (χ2v) is 10.5. The first kappa shape index (κ1) is 27.1. The molecule has 1 aromatic heterocycles. The van der Waals surface area contributed by atoms with Gasteiger partial charge in [-0.25, -0.2) is 0 Å². The van der Waals surface area contributed by atoms with Crippen LogP contribution in [0.4, 0.5) is 0 Å². The molecule has 0 unspecified atom stereocenters. The molecule has 2 N–H and O–H groups in total. The van der Waals surface area contributed by atoms with Crippen molar-refractivity contribution in [2.24, 2.45) is 0 Å². The highest BCUT2D eigenvalue weighted by Gasteiger charge is 2.28. The van der Waals surface area contributed by atoms with Gasteiger partial charge in [0, 0.05) is 22.9 Å². The summed E-state index contributed by atoms with van der Waals surface area (Å²) in [6.45, 7) is 12.3. The Morgan fingerprint density at radius 2 is 1.56 bits per heavy atom. The van der Waals surface area contributed by atoms with E-state index in [2.05, 4.69) is 6.07 Å². The maximum absolute atomic E-state index is 13.4. The number of aromatic nitrogens is 2. The van der Waals surface area contributed by atoms with E-state index >= 15 is 0 Å². The lowest BCUT2D eigenvalue weighted by molar-refractivity contribution is 0.0969. The van der Waals surface area contributed by atoms with E-state index in [0.29, 0.717) is 23.2 Å². The van der Waals surface area contributed by atoms with Crippen molar-refractivity contribution < 1.29 is 9.90 Å². The van der Waals surface area contributed by atoms with Crippen LogP contribution in [0.3, 0.4) is 0 Å². The molecule has 0 radical (unpaired) electrons. The molecule has 0 aliphatic carbocycles. The van der Waals surface area contributed by atoms with Gasteiger partial charge in [-0.2, -0.15) is 5.26 Å². The summed E-state index contributed by atoms with van der Waals surface area (Å²) < 4.78 is 3.10. The van der Waals surface area contributed by atoms with Gasteiger partial charge >= 0.3 is 0 Å². The van der Waals surface area contributed by atoms with Gasteiger partial charge in [0.1, 0.15) is 17.5 Å². The normalized spacial score (nSPS) is 11.6. The van der Waals surface area contributed by atoms with Crippen molar-refractivity contribution in [1.29, 1.82) is 10.7 Å². The predicted molar refractivity (Wildman–Crippen MR) is 139 cm³/mol. The van der Waals surface area contributed by atoms with Crippen LogP contribution in [0.15, 0.2) is 48.7 Å². The van der Waals surface area contributed by atoms with E-state index in [4.69, 9.17) is 5.41 Å². The summed E-state index contributed by atoms with van der Waals surface area (Å²) >= 11 is 0. The summed E-state index contributed by atoms with van der Waals surface area (Å²) in [4.78, 5) is 13.4. The maximum Gasteiger partial charge on any atom is 0.203 e. The molecule has 6 nitrogen and oxygen atoms in total. The standard InChI is InChI=1S/C27H32N4O2.BrH/c1-26(2,3)21-12-19(13-22(24(21)33)27(4,5)6)23(32)17-31-20(14-28)16-30(25(31)29)15-18-10-8-7-9-11-18;/h7-13,16,29,33H,15,17H2,1-6H3;1H. The van der Waals surface area contributed by atoms with E-state index in [1.54, 1.807) is 22.9 Å². The van der Waals surface area contributed by atoms with Crippen LogP contribution in [0.25, 0.3) is 0 Å². The summed E-state index contributed by atoms with van der Waals surface area (Å²) in [6.07, 6.45) is 1.61. The van der Waals surface area contributed by atoms with Gasteiger partial charge in [0.25, 0.3) is 0 Å². The minimum absolute atomic E-state index is 0. The molecule has 0 saturated heterocycles. The Morgan fingerprint density at radius 1 is 1.03 bits per heavy atom. The summed E-state index contributed by atoms with van der Waals surface area (Å²) in [5.74, 6) is 0.00516. The van der Waals surface area contributed by atoms with Gasteiger partial charge in [-0.15, -0.1) is 17.0 Å². The number of hydrogen-bond acceptors (Lipinski definition) is 4. The summed E-state index contributed by atoms with van der Waals surface area (Å²) in [5.41, 5.74) is 2.52. The Morgan fingerprint density at radius 3 is 2.03 bits per heavy atom. The maximum atomic E-state index is 13.4. The zero-order valence-electron chi connectivity index (χ0n) is 20.6. The fourth-order valence-corrected chi connectivity index (χ4v) is 3.87. The van der Waals surface area contributed by atoms with Gasteiger partial charge in [0.15, 0.2) is 5.78 Å². The van der Waals surface area contributed by atoms with Gasteiger partial charge in [-0.3, -0.25) is 14.8 Å². The number of phenolic OH excluding ortho intramolecular Hbond substituents is 1. The second kappa shape index (κ2) is 10.0. The van der Waals surface area contributed by atoms with Gasteiger partial charge in [-0.1, -0.05) is 71.9 Å². The van der Waals surface area contributed by atoms with E-state index < -0.39 is 0 Å². The first-order valence-corrected chi connectivity index (χ1v) is 11.0. The Balaban J connectivity index is 0.00000408. The molecule has 180 valence electrons. The van der Waals surface area contributed by atoms with Crippen LogP contribution in [-0.2, 0) is 23.9 Å². The van der Waals surface area contributed by atoms with E-state index in [0.717, 1.165) is 5.56 Å². The SMILES string of the molecule is Br.CC(C)(C)c1cc(C(=O)Cn2c(C#N)cn(Cc3ccccc3)c2=N)cc(C(C)(C)C)c1O. The molecular weight excluding hydrogens is 492 g/mol. The van der Waals surface area contributed by atoms with Crippen LogP contribution < -0.4 is 5.62 Å². The fraction of sp³-hybridized carbons (Fsp3) is 0.370. The second-order valence-electron chi connectivity index (χ2n) is 10.5. The molecule has 0 saturated carbocycles. The van der Waals surface area contributed by atoms with Crippen LogP contribution in [0.2, 0.25) is 0 Å². The summed E-state index contributed by atoms with van der Waals surface area (Å²) in [5, 5.41) is 29.1. The minimum Gasteiger partial charge on any atom is -0.507 e. The molecule has 0 bridgehead atoms. The van der Waals surface area contributed by atoms with Crippen molar-refractivity contribution in [2.45, 2.75) is 65.5 Å². The minimum atomic E-state index is -0.356. The van der Waals surface area contributed by atoms with Crippen LogP contribution in [0.1, 0.15) is 74.3 Å². The molecule has 2 aromatic carbocycles. The average Bonchev–Trinajstić information content (AvgIpc) is 3.02. The Bertz CT molecular complexity index is 1250. The average molecular weight is 525 g/mol. The third-order valence-electron chi connectivity index (χ3n) is 5.76. The molecule has 0 fully saturated rings. The van der Waals surface area contributed by atoms with E-state index in [1.165, 1.54) is 4.57 Å². The largest absolute Gasteiger partial charge is 0.507 e. The molecule has 0 spiro atoms. The molecule has 34 heavy (non-hydrogen) atoms. The van der Waals surface area contributed by atoms with E-state index in [1.807, 2.05) is 71.9 Å². The lowest BCUT2D eigenvalue weighted by Gasteiger charge is -2.28. The Kier molecular flexibility index (Phi) is 8.00. The summed E-state index contributed by atoms with van der Waals surface area (Å²) in [7, 11) is 0. The van der Waals surface area contributed by atoms with E-state index in [9.17, 15) is 15.2 Å². The smallest absolute Gasteiger partial charge is 0.203 e. The number of Topliss-reactive ketones (excluding diaryl/α,β-unsaturated/α-hetero) is 1. The molecule has 7 heteroatoms. The highest BCUT2D eigenvalue weighted by molar-refractivity contribution is 8.93. The number of nitrogens with one attached hydrogen (secondary N) is 1. The third-order valence-corrected chi connectivity index (χ3v) is 5.76. The number of imidazole rings is 1. The number of hydrogen-bond donors (Lipinski definition) is 2. The first-order valence-electron chi connectivity index (χ1n) is 11.0. The molecule has 3 rings (SSSR count). The number of carbonyl (C=O) groups is 1. The number of carbonyl (C=O) groups excluding carboxylic acids is 1. The molecule has 0 atom stereocenters. The van der Waals surface area contributed by atoms with Crippen LogP contribution >= 0.6 is 17.0 Å². The number of benzene rings is 2. The number of phenols is 1. The lowest BCUT2D eigenvalue weighted by atomic mass is 9.78. The highest BCUT2D eigenvalue weighted by Crippen LogP contribution is 2.39. The van der Waals surface area contributed by atoms with Crippen molar-refractivity contribution in [3.63, 3.8) is 0 Å². The molecular formula is C27H33BrN4O2. The van der Waals surface area contributed by atoms with E-state index in [-0.39, 0.29) is 57.2 Å². The van der Waals surface area contributed by atoms with Crippen LogP contribution in [0.5, 0.6) is 5.75 Å². The monoisotopic (exact) mass is 524 g/mol. The van der Waals surface area contributed by atoms with Gasteiger partial charge < -0.3 is 9.67 Å². The lowest BCUT2D eigenvalue weighted by Crippen LogP contribution is -2.28. The number of ketones is 1. The molecule has 0 aliphatic heterocycles. The molecule has 3 aromatic rings. The fourth-order valence-electron chi connectivity index (χ4n) is 3.87. The van der Waals surface area contributed by atoms with Crippen molar-refractivity contribution in [3.8, 4) is 11.8 Å². The Labute approximate surface area is 211 Å². The molecule has 1 heterocycles. The van der Waals surface area contributed by atoms with Gasteiger partial charge in [-0.05, 0) is 28.5 Å². The zero-order valence-corrected chi connectivity index (χ0v) is 22.4. The number of nitriles is 1. The molecule has 0 aliphatic rings. The zero-order chi connectivity index (χ0) is 24.6. The first-order chi connectivity index (χ1) is 15.3. The number of halogens is 1. The van der Waals surface area contributed by atoms with Crippen molar-refractivity contribution in [1.82, 2.24) is 9.13 Å².